The second-order valence-corrected chi connectivity index (χ2v) is 8.82. The Morgan fingerprint density at radius 3 is 2.17 bits per heavy atom. The van der Waals surface area contributed by atoms with E-state index in [4.69, 9.17) is 4.42 Å². The Balaban J connectivity index is 0.000000172. The summed E-state index contributed by atoms with van der Waals surface area (Å²) in [5, 5.41) is 2.25. The Bertz CT molecular complexity index is 1560. The first kappa shape index (κ1) is 25.5. The number of furan rings is 1. The molecule has 0 atom stereocenters. The second-order valence-electron chi connectivity index (χ2n) is 8.82. The molecule has 1 radical (unpaired) electrons. The van der Waals surface area contributed by atoms with E-state index in [0.717, 1.165) is 44.5 Å². The van der Waals surface area contributed by atoms with Gasteiger partial charge in [0, 0.05) is 37.9 Å². The van der Waals surface area contributed by atoms with Crippen molar-refractivity contribution in [2.75, 3.05) is 0 Å². The van der Waals surface area contributed by atoms with Crippen LogP contribution in [0.15, 0.2) is 102 Å². The maximum Gasteiger partial charge on any atom is 0.121 e. The van der Waals surface area contributed by atoms with Crippen LogP contribution in [0.3, 0.4) is 0 Å². The standard InChI is InChI=1S/C18H12NO.C14H14N.Ir/c1-12-8-9-13-14-5-4-6-15(16-7-2-3-10-19-16)18(14)20-17(13)11-12;1-11(2)12-6-8-13(9-7-12)14-5-3-4-10-15-14;/h2-5,7-11H,1H3;3-8,10-11H,1-2H3;/q2*-1;. The molecule has 0 saturated carbocycles. The van der Waals surface area contributed by atoms with E-state index >= 15 is 0 Å². The van der Waals surface area contributed by atoms with Gasteiger partial charge < -0.3 is 14.4 Å². The summed E-state index contributed by atoms with van der Waals surface area (Å²) in [6.07, 6.45) is 3.59. The molecular formula is C32H26IrN2O-2. The molecule has 0 fully saturated rings. The van der Waals surface area contributed by atoms with Crippen LogP contribution in [0.25, 0.3) is 44.5 Å². The molecule has 0 N–H and O–H groups in total. The smallest absolute Gasteiger partial charge is 0.121 e. The van der Waals surface area contributed by atoms with Gasteiger partial charge in [-0.25, -0.2) is 0 Å². The molecule has 0 aliphatic heterocycles. The summed E-state index contributed by atoms with van der Waals surface area (Å²) in [5.41, 5.74) is 8.11. The van der Waals surface area contributed by atoms with Crippen LogP contribution in [0, 0.1) is 19.1 Å². The van der Waals surface area contributed by atoms with Crippen molar-refractivity contribution in [1.82, 2.24) is 9.97 Å². The predicted octanol–water partition coefficient (Wildman–Crippen LogP) is 8.43. The topological polar surface area (TPSA) is 38.9 Å². The molecule has 6 aromatic rings. The van der Waals surface area contributed by atoms with E-state index in [1.165, 1.54) is 11.1 Å². The number of aryl methyl sites for hydroxylation is 1. The third-order valence-corrected chi connectivity index (χ3v) is 5.95. The Labute approximate surface area is 225 Å². The predicted molar refractivity (Wildman–Crippen MR) is 143 cm³/mol. The minimum Gasteiger partial charge on any atom is -0.501 e. The van der Waals surface area contributed by atoms with Gasteiger partial charge in [-0.2, -0.15) is 0 Å². The van der Waals surface area contributed by atoms with Gasteiger partial charge in [-0.15, -0.1) is 53.6 Å². The Hall–Kier alpha value is -3.59. The molecule has 36 heavy (non-hydrogen) atoms. The summed E-state index contributed by atoms with van der Waals surface area (Å²) in [7, 11) is 0. The van der Waals surface area contributed by atoms with Gasteiger partial charge in [0.25, 0.3) is 0 Å². The Morgan fingerprint density at radius 2 is 1.53 bits per heavy atom. The maximum absolute atomic E-state index is 6.05. The number of hydrogen-bond acceptors (Lipinski definition) is 3. The van der Waals surface area contributed by atoms with Crippen molar-refractivity contribution in [3.05, 3.63) is 121 Å². The molecule has 6 rings (SSSR count). The molecule has 0 aliphatic rings. The van der Waals surface area contributed by atoms with E-state index in [1.54, 1.807) is 12.4 Å². The Kier molecular flexibility index (Phi) is 8.10. The fourth-order valence-corrected chi connectivity index (χ4v) is 4.03. The number of rotatable bonds is 3. The molecule has 0 aliphatic carbocycles. The van der Waals surface area contributed by atoms with Crippen molar-refractivity contribution in [3.63, 3.8) is 0 Å². The summed E-state index contributed by atoms with van der Waals surface area (Å²) in [6.45, 7) is 6.44. The number of benzene rings is 3. The first-order chi connectivity index (χ1) is 17.1. The molecule has 0 unspecified atom stereocenters. The van der Waals surface area contributed by atoms with E-state index in [0.29, 0.717) is 5.92 Å². The molecule has 181 valence electrons. The molecule has 0 saturated heterocycles. The van der Waals surface area contributed by atoms with E-state index in [2.05, 4.69) is 79.3 Å². The zero-order chi connectivity index (χ0) is 24.2. The summed E-state index contributed by atoms with van der Waals surface area (Å²) >= 11 is 0. The number of hydrogen-bond donors (Lipinski definition) is 0. The van der Waals surface area contributed by atoms with Gasteiger partial charge in [-0.3, -0.25) is 0 Å². The van der Waals surface area contributed by atoms with Gasteiger partial charge in [0.05, 0.1) is 5.58 Å². The fourth-order valence-electron chi connectivity index (χ4n) is 4.03. The normalized spacial score (nSPS) is 10.7. The zero-order valence-corrected chi connectivity index (χ0v) is 22.8. The van der Waals surface area contributed by atoms with Crippen LogP contribution in [0.5, 0.6) is 0 Å². The van der Waals surface area contributed by atoms with Gasteiger partial charge in [0.1, 0.15) is 5.58 Å². The SMILES string of the molecule is CC(C)c1c[c-]c(-c2ccccn2)cc1.Cc1ccc2c(c1)oc1c(-c3ccccn3)[c-]ccc12.[Ir]. The molecule has 0 spiro atoms. The van der Waals surface area contributed by atoms with Gasteiger partial charge in [-0.1, -0.05) is 67.1 Å². The minimum atomic E-state index is 0. The van der Waals surface area contributed by atoms with Gasteiger partial charge in [-0.05, 0) is 42.1 Å². The van der Waals surface area contributed by atoms with Gasteiger partial charge in [0.15, 0.2) is 0 Å². The van der Waals surface area contributed by atoms with E-state index in [1.807, 2.05) is 48.5 Å². The zero-order valence-electron chi connectivity index (χ0n) is 20.5. The monoisotopic (exact) mass is 647 g/mol. The average Bonchev–Trinajstić information content (AvgIpc) is 3.28. The fraction of sp³-hybridized carbons (Fsp3) is 0.125. The number of nitrogens with zero attached hydrogens (tertiary/aromatic N) is 2. The summed E-state index contributed by atoms with van der Waals surface area (Å²) in [4.78, 5) is 8.69. The van der Waals surface area contributed by atoms with E-state index < -0.39 is 0 Å². The van der Waals surface area contributed by atoms with Crippen LogP contribution in [-0.4, -0.2) is 9.97 Å². The summed E-state index contributed by atoms with van der Waals surface area (Å²) in [5.74, 6) is 0.555. The molecule has 0 bridgehead atoms. The third-order valence-electron chi connectivity index (χ3n) is 5.95. The minimum absolute atomic E-state index is 0. The van der Waals surface area contributed by atoms with Gasteiger partial charge in [0.2, 0.25) is 0 Å². The summed E-state index contributed by atoms with van der Waals surface area (Å²) in [6, 6.07) is 34.8. The van der Waals surface area contributed by atoms with Crippen LogP contribution in [0.4, 0.5) is 0 Å². The number of aromatic nitrogens is 2. The molecule has 0 amide bonds. The van der Waals surface area contributed by atoms with Crippen molar-refractivity contribution in [2.45, 2.75) is 26.7 Å². The third kappa shape index (κ3) is 5.46. The van der Waals surface area contributed by atoms with Crippen LogP contribution in [-0.2, 0) is 20.1 Å². The number of fused-ring (bicyclic) bond motifs is 3. The van der Waals surface area contributed by atoms with Crippen molar-refractivity contribution in [2.24, 2.45) is 0 Å². The van der Waals surface area contributed by atoms with Crippen molar-refractivity contribution < 1.29 is 24.5 Å². The first-order valence-electron chi connectivity index (χ1n) is 11.8. The summed E-state index contributed by atoms with van der Waals surface area (Å²) < 4.78 is 6.05. The maximum atomic E-state index is 6.05. The van der Waals surface area contributed by atoms with Gasteiger partial charge >= 0.3 is 0 Å². The molecule has 3 aromatic carbocycles. The van der Waals surface area contributed by atoms with E-state index in [9.17, 15) is 0 Å². The van der Waals surface area contributed by atoms with E-state index in [-0.39, 0.29) is 20.1 Å². The van der Waals surface area contributed by atoms with Crippen molar-refractivity contribution in [1.29, 1.82) is 0 Å². The second kappa shape index (κ2) is 11.4. The molecule has 4 heteroatoms. The van der Waals surface area contributed by atoms with Crippen molar-refractivity contribution >= 4 is 21.9 Å². The van der Waals surface area contributed by atoms with Crippen LogP contribution in [0.1, 0.15) is 30.9 Å². The van der Waals surface area contributed by atoms with Crippen molar-refractivity contribution in [3.8, 4) is 22.5 Å². The largest absolute Gasteiger partial charge is 0.501 e. The molecule has 3 nitrogen and oxygen atoms in total. The first-order valence-corrected chi connectivity index (χ1v) is 11.8. The Morgan fingerprint density at radius 1 is 0.778 bits per heavy atom. The average molecular weight is 647 g/mol. The van der Waals surface area contributed by atoms with Crippen LogP contribution >= 0.6 is 0 Å². The molecule has 3 aromatic heterocycles. The molecule has 3 heterocycles. The van der Waals surface area contributed by atoms with Crippen LogP contribution < -0.4 is 0 Å². The molecular weight excluding hydrogens is 621 g/mol. The quantitative estimate of drug-likeness (QED) is 0.181. The van der Waals surface area contributed by atoms with Crippen LogP contribution in [0.2, 0.25) is 0 Å². The number of pyridine rings is 2.